The first-order valence-corrected chi connectivity index (χ1v) is 8.22. The molecule has 0 unspecified atom stereocenters. The van der Waals surface area contributed by atoms with Crippen LogP contribution in [-0.4, -0.2) is 41.1 Å². The second kappa shape index (κ2) is 6.78. The van der Waals surface area contributed by atoms with Crippen LogP contribution < -0.4 is 0 Å². The van der Waals surface area contributed by atoms with Gasteiger partial charge in [0.1, 0.15) is 6.04 Å². The number of imide groups is 1. The topological polar surface area (TPSA) is 80.8 Å². The fourth-order valence-electron chi connectivity index (χ4n) is 2.57. The molecule has 1 aromatic rings. The minimum atomic E-state index is -1.07. The predicted molar refractivity (Wildman–Crippen MR) is 91.0 cm³/mol. The number of nitrogens with zero attached hydrogens (tertiary/aromatic N) is 1. The predicted octanol–water partition coefficient (Wildman–Crippen LogP) is 2.47. The van der Waals surface area contributed by atoms with Gasteiger partial charge in [-0.25, -0.2) is 4.79 Å². The van der Waals surface area contributed by atoms with Crippen LogP contribution in [0.5, 0.6) is 0 Å². The van der Waals surface area contributed by atoms with E-state index in [-0.39, 0.29) is 29.4 Å². The van der Waals surface area contributed by atoms with Gasteiger partial charge in [0.25, 0.3) is 11.8 Å². The third-order valence-corrected chi connectivity index (χ3v) is 4.16. The average molecular weight is 345 g/mol. The number of fused-ring (bicyclic) bond motifs is 1. The van der Waals surface area contributed by atoms with Gasteiger partial charge in [-0.05, 0) is 18.1 Å². The zero-order valence-electron chi connectivity index (χ0n) is 15.2. The molecule has 0 fully saturated rings. The van der Waals surface area contributed by atoms with Crippen molar-refractivity contribution in [2.24, 2.45) is 11.3 Å². The first-order valence-electron chi connectivity index (χ1n) is 8.22. The zero-order chi connectivity index (χ0) is 18.9. The fraction of sp³-hybridized carbons (Fsp3) is 0.474. The molecule has 0 saturated heterocycles. The van der Waals surface area contributed by atoms with Crippen molar-refractivity contribution in [3.63, 3.8) is 0 Å². The summed E-state index contributed by atoms with van der Waals surface area (Å²) >= 11 is 0. The largest absolute Gasteiger partial charge is 0.456 e. The van der Waals surface area contributed by atoms with Crippen LogP contribution in [0, 0.1) is 11.3 Å². The molecule has 0 aliphatic carbocycles. The summed E-state index contributed by atoms with van der Waals surface area (Å²) in [6.07, 6.45) is 0. The molecular formula is C19H23NO5. The summed E-state index contributed by atoms with van der Waals surface area (Å²) in [4.78, 5) is 50.6. The third kappa shape index (κ3) is 3.62. The first-order chi connectivity index (χ1) is 11.6. The van der Waals surface area contributed by atoms with Crippen LogP contribution >= 0.6 is 0 Å². The average Bonchev–Trinajstić information content (AvgIpc) is 2.77. The maximum Gasteiger partial charge on any atom is 0.330 e. The number of esters is 1. The molecule has 0 radical (unpaired) electrons. The van der Waals surface area contributed by atoms with E-state index in [1.807, 2.05) is 0 Å². The zero-order valence-corrected chi connectivity index (χ0v) is 15.2. The maximum atomic E-state index is 12.6. The number of amides is 2. The van der Waals surface area contributed by atoms with E-state index in [0.717, 1.165) is 4.90 Å². The highest BCUT2D eigenvalue weighted by molar-refractivity contribution is 6.22. The van der Waals surface area contributed by atoms with E-state index in [4.69, 9.17) is 4.74 Å². The SMILES string of the molecule is CC(C)[C@H](C(=O)OCC(=O)C(C)(C)C)N1C(=O)c2ccccc2C1=O. The van der Waals surface area contributed by atoms with Crippen molar-refractivity contribution in [1.82, 2.24) is 4.90 Å². The molecule has 0 spiro atoms. The second-order valence-electron chi connectivity index (χ2n) is 7.50. The number of hydrogen-bond acceptors (Lipinski definition) is 5. The lowest BCUT2D eigenvalue weighted by Gasteiger charge is -2.27. The Morgan fingerprint density at radius 2 is 1.52 bits per heavy atom. The van der Waals surface area contributed by atoms with Gasteiger partial charge in [0.2, 0.25) is 0 Å². The summed E-state index contributed by atoms with van der Waals surface area (Å²) in [5, 5.41) is 0. The van der Waals surface area contributed by atoms with Gasteiger partial charge in [-0.1, -0.05) is 46.8 Å². The Bertz CT molecular complexity index is 695. The fourth-order valence-corrected chi connectivity index (χ4v) is 2.57. The van der Waals surface area contributed by atoms with E-state index in [1.165, 1.54) is 0 Å². The second-order valence-corrected chi connectivity index (χ2v) is 7.50. The van der Waals surface area contributed by atoms with Crippen molar-refractivity contribution in [3.8, 4) is 0 Å². The van der Waals surface area contributed by atoms with Crippen molar-refractivity contribution in [2.45, 2.75) is 40.7 Å². The monoisotopic (exact) mass is 345 g/mol. The number of benzene rings is 1. The van der Waals surface area contributed by atoms with E-state index in [1.54, 1.807) is 58.9 Å². The highest BCUT2D eigenvalue weighted by Gasteiger charge is 2.44. The molecule has 6 nitrogen and oxygen atoms in total. The van der Waals surface area contributed by atoms with Crippen LogP contribution in [0.3, 0.4) is 0 Å². The number of ether oxygens (including phenoxy) is 1. The van der Waals surface area contributed by atoms with Crippen LogP contribution in [-0.2, 0) is 14.3 Å². The van der Waals surface area contributed by atoms with Crippen LogP contribution in [0.15, 0.2) is 24.3 Å². The number of Topliss-reactive ketones (excluding diaryl/α,β-unsaturated/α-hetero) is 1. The van der Waals surface area contributed by atoms with E-state index in [0.29, 0.717) is 0 Å². The molecule has 134 valence electrons. The molecule has 0 aromatic heterocycles. The standard InChI is InChI=1S/C19H23NO5/c1-11(2)15(18(24)25-10-14(21)19(3,4)5)20-16(22)12-8-6-7-9-13(12)17(20)23/h6-9,11,15H,10H2,1-5H3/t15-/m1/s1. The van der Waals surface area contributed by atoms with Gasteiger partial charge in [0.05, 0.1) is 11.1 Å². The minimum absolute atomic E-state index is 0.231. The van der Waals surface area contributed by atoms with Gasteiger partial charge >= 0.3 is 5.97 Å². The van der Waals surface area contributed by atoms with Gasteiger partial charge in [0.15, 0.2) is 12.4 Å². The van der Waals surface area contributed by atoms with Gasteiger partial charge < -0.3 is 4.74 Å². The number of carbonyl (C=O) groups excluding carboxylic acids is 4. The molecule has 0 N–H and O–H groups in total. The van der Waals surface area contributed by atoms with Crippen molar-refractivity contribution < 1.29 is 23.9 Å². The molecule has 6 heteroatoms. The van der Waals surface area contributed by atoms with Crippen LogP contribution in [0.2, 0.25) is 0 Å². The van der Waals surface area contributed by atoms with E-state index in [9.17, 15) is 19.2 Å². The Kier molecular flexibility index (Phi) is 5.11. The number of carbonyl (C=O) groups is 4. The molecule has 2 amide bonds. The Morgan fingerprint density at radius 1 is 1.04 bits per heavy atom. The van der Waals surface area contributed by atoms with Gasteiger partial charge in [-0.3, -0.25) is 19.3 Å². The minimum Gasteiger partial charge on any atom is -0.456 e. The summed E-state index contributed by atoms with van der Waals surface area (Å²) in [6, 6.07) is 5.37. The molecule has 1 aliphatic heterocycles. The van der Waals surface area contributed by atoms with E-state index in [2.05, 4.69) is 0 Å². The molecule has 2 rings (SSSR count). The summed E-state index contributed by atoms with van der Waals surface area (Å²) < 4.78 is 5.13. The van der Waals surface area contributed by atoms with E-state index >= 15 is 0 Å². The van der Waals surface area contributed by atoms with Crippen molar-refractivity contribution >= 4 is 23.6 Å². The maximum absolute atomic E-state index is 12.6. The molecule has 1 heterocycles. The lowest BCUT2D eigenvalue weighted by molar-refractivity contribution is -0.154. The third-order valence-electron chi connectivity index (χ3n) is 4.16. The van der Waals surface area contributed by atoms with Gasteiger partial charge in [-0.15, -0.1) is 0 Å². The quantitative estimate of drug-likeness (QED) is 0.605. The van der Waals surface area contributed by atoms with E-state index < -0.39 is 29.2 Å². The van der Waals surface area contributed by atoms with Gasteiger partial charge in [-0.2, -0.15) is 0 Å². The highest BCUT2D eigenvalue weighted by Crippen LogP contribution is 2.27. The van der Waals surface area contributed by atoms with Crippen LogP contribution in [0.1, 0.15) is 55.3 Å². The van der Waals surface area contributed by atoms with Gasteiger partial charge in [0, 0.05) is 5.41 Å². The number of hydrogen-bond donors (Lipinski definition) is 0. The van der Waals surface area contributed by atoms with Crippen molar-refractivity contribution in [3.05, 3.63) is 35.4 Å². The summed E-state index contributed by atoms with van der Waals surface area (Å²) in [5.74, 6) is -2.36. The normalized spacial score (nSPS) is 15.4. The highest BCUT2D eigenvalue weighted by atomic mass is 16.5. The number of rotatable bonds is 5. The summed E-state index contributed by atoms with van der Waals surface area (Å²) in [7, 11) is 0. The Balaban J connectivity index is 2.22. The summed E-state index contributed by atoms with van der Waals surface area (Å²) in [6.45, 7) is 8.25. The molecule has 25 heavy (non-hydrogen) atoms. The lowest BCUT2D eigenvalue weighted by Crippen LogP contribution is -2.49. The van der Waals surface area contributed by atoms with Crippen LogP contribution in [0.4, 0.5) is 0 Å². The number of ketones is 1. The Morgan fingerprint density at radius 3 is 1.92 bits per heavy atom. The van der Waals surface area contributed by atoms with Crippen molar-refractivity contribution in [2.75, 3.05) is 6.61 Å². The Hall–Kier alpha value is -2.50. The molecule has 1 atom stereocenters. The molecule has 1 aliphatic rings. The first kappa shape index (κ1) is 18.8. The van der Waals surface area contributed by atoms with Crippen LogP contribution in [0.25, 0.3) is 0 Å². The smallest absolute Gasteiger partial charge is 0.330 e. The lowest BCUT2D eigenvalue weighted by atomic mass is 9.91. The Labute approximate surface area is 147 Å². The molecule has 1 aromatic carbocycles. The molecule has 0 saturated carbocycles. The molecular weight excluding hydrogens is 322 g/mol. The molecule has 0 bridgehead atoms. The summed E-state index contributed by atoms with van der Waals surface area (Å²) in [5.41, 5.74) is -0.0863. The van der Waals surface area contributed by atoms with Crippen molar-refractivity contribution in [1.29, 1.82) is 0 Å².